The summed E-state index contributed by atoms with van der Waals surface area (Å²) in [6.07, 6.45) is 0. The summed E-state index contributed by atoms with van der Waals surface area (Å²) in [7, 11) is -3.95. The summed E-state index contributed by atoms with van der Waals surface area (Å²) < 4.78 is 40.2. The average Bonchev–Trinajstić information content (AvgIpc) is 3.12. The maximum atomic E-state index is 13.0. The van der Waals surface area contributed by atoms with Gasteiger partial charge in [0.2, 0.25) is 9.47 Å². The Kier molecular flexibility index (Phi) is 5.82. The van der Waals surface area contributed by atoms with Gasteiger partial charge in [-0.15, -0.1) is 10.2 Å². The predicted octanol–water partition coefficient (Wildman–Crippen LogP) is 3.28. The Labute approximate surface area is 165 Å². The molecule has 0 spiro atoms. The van der Waals surface area contributed by atoms with Crippen LogP contribution in [0.4, 0.5) is 9.52 Å². The fraction of sp³-hybridized carbons (Fsp3) is 0.167. The third-order valence-corrected chi connectivity index (χ3v) is 6.62. The van der Waals surface area contributed by atoms with Gasteiger partial charge in [-0.2, -0.15) is 0 Å². The second-order valence-corrected chi connectivity index (χ2v) is 8.95. The first kappa shape index (κ1) is 20.1. The molecule has 0 fully saturated rings. The summed E-state index contributed by atoms with van der Waals surface area (Å²) in [5, 5.41) is 9.98. The van der Waals surface area contributed by atoms with Gasteiger partial charge in [-0.3, -0.25) is 10.1 Å². The molecule has 0 aliphatic carbocycles. The molecule has 0 bridgehead atoms. The lowest BCUT2D eigenvalue weighted by Gasteiger charge is -2.12. The van der Waals surface area contributed by atoms with Gasteiger partial charge in [0.1, 0.15) is 5.82 Å². The van der Waals surface area contributed by atoms with Gasteiger partial charge in [-0.25, -0.2) is 17.5 Å². The molecule has 1 heterocycles. The van der Waals surface area contributed by atoms with Crippen molar-refractivity contribution in [2.45, 2.75) is 24.2 Å². The highest BCUT2D eigenvalue weighted by Crippen LogP contribution is 2.23. The van der Waals surface area contributed by atoms with Crippen molar-refractivity contribution in [2.24, 2.45) is 0 Å². The Bertz CT molecular complexity index is 1080. The molecule has 2 N–H and O–H groups in total. The molecule has 0 aliphatic rings. The number of rotatable bonds is 6. The third kappa shape index (κ3) is 4.77. The van der Waals surface area contributed by atoms with E-state index in [1.165, 1.54) is 24.3 Å². The first-order chi connectivity index (χ1) is 13.2. The van der Waals surface area contributed by atoms with E-state index in [1.54, 1.807) is 31.2 Å². The van der Waals surface area contributed by atoms with Crippen molar-refractivity contribution >= 4 is 32.4 Å². The highest BCUT2D eigenvalue weighted by Gasteiger charge is 2.24. The normalized spacial score (nSPS) is 12.5. The maximum absolute atomic E-state index is 13.0. The first-order valence-electron chi connectivity index (χ1n) is 8.24. The van der Waals surface area contributed by atoms with Gasteiger partial charge in [0.25, 0.3) is 15.9 Å². The van der Waals surface area contributed by atoms with Gasteiger partial charge in [-0.1, -0.05) is 41.2 Å². The average molecular weight is 420 g/mol. The topological polar surface area (TPSA) is 101 Å². The van der Waals surface area contributed by atoms with Gasteiger partial charge in [0, 0.05) is 11.6 Å². The summed E-state index contributed by atoms with van der Waals surface area (Å²) in [6, 6.07) is 11.8. The van der Waals surface area contributed by atoms with Crippen LogP contribution in [0.1, 0.15) is 34.5 Å². The Morgan fingerprint density at radius 3 is 2.36 bits per heavy atom. The third-order valence-electron chi connectivity index (χ3n) is 3.87. The molecule has 3 aromatic rings. The van der Waals surface area contributed by atoms with Gasteiger partial charge < -0.3 is 0 Å². The second kappa shape index (κ2) is 8.13. The van der Waals surface area contributed by atoms with Crippen molar-refractivity contribution in [3.8, 4) is 0 Å². The van der Waals surface area contributed by atoms with Crippen LogP contribution in [0, 0.1) is 12.7 Å². The smallest absolute Gasteiger partial charge is 0.270 e. The van der Waals surface area contributed by atoms with E-state index < -0.39 is 27.8 Å². The number of anilines is 1. The molecule has 3 rings (SSSR count). The van der Waals surface area contributed by atoms with Crippen molar-refractivity contribution in [2.75, 3.05) is 5.32 Å². The van der Waals surface area contributed by atoms with Crippen LogP contribution in [-0.2, 0) is 10.0 Å². The summed E-state index contributed by atoms with van der Waals surface area (Å²) in [5.74, 6) is -0.815. The van der Waals surface area contributed by atoms with E-state index in [1.807, 2.05) is 6.92 Å². The zero-order valence-electron chi connectivity index (χ0n) is 15.0. The molecule has 1 amide bonds. The zero-order valence-corrected chi connectivity index (χ0v) is 16.6. The number of amides is 1. The van der Waals surface area contributed by atoms with Crippen LogP contribution in [0.2, 0.25) is 0 Å². The maximum Gasteiger partial charge on any atom is 0.270 e. The number of aromatic nitrogens is 2. The molecule has 0 saturated heterocycles. The number of nitrogens with one attached hydrogen (secondary N) is 2. The predicted molar refractivity (Wildman–Crippen MR) is 104 cm³/mol. The molecule has 28 heavy (non-hydrogen) atoms. The number of halogens is 1. The van der Waals surface area contributed by atoms with Crippen molar-refractivity contribution < 1.29 is 17.6 Å². The van der Waals surface area contributed by atoms with E-state index in [-0.39, 0.29) is 9.47 Å². The van der Waals surface area contributed by atoms with Crippen molar-refractivity contribution in [1.29, 1.82) is 0 Å². The fourth-order valence-corrected chi connectivity index (χ4v) is 4.49. The zero-order chi connectivity index (χ0) is 20.3. The molecule has 1 atom stereocenters. The van der Waals surface area contributed by atoms with Gasteiger partial charge in [0.15, 0.2) is 0 Å². The minimum Gasteiger partial charge on any atom is -0.296 e. The highest BCUT2D eigenvalue weighted by atomic mass is 32.2. The van der Waals surface area contributed by atoms with Crippen molar-refractivity contribution in [3.05, 3.63) is 71.0 Å². The van der Waals surface area contributed by atoms with Gasteiger partial charge in [-0.05, 0) is 43.7 Å². The molecule has 0 saturated carbocycles. The molecule has 0 aliphatic heterocycles. The van der Waals surface area contributed by atoms with E-state index >= 15 is 0 Å². The van der Waals surface area contributed by atoms with Crippen LogP contribution in [0.25, 0.3) is 0 Å². The van der Waals surface area contributed by atoms with Crippen LogP contribution in [0.15, 0.2) is 52.9 Å². The number of hydrogen-bond donors (Lipinski definition) is 2. The lowest BCUT2D eigenvalue weighted by atomic mass is 10.1. The van der Waals surface area contributed by atoms with Crippen LogP contribution < -0.4 is 10.0 Å². The summed E-state index contributed by atoms with van der Waals surface area (Å²) in [6.45, 7) is 3.54. The molecule has 146 valence electrons. The standard InChI is InChI=1S/C18H17FN4O3S2/c1-11-3-5-14(6-4-11)16(24)20-17-21-22-18(27-17)28(25,26)23-12(2)13-7-9-15(19)10-8-13/h3-10,12,23H,1-2H3,(H,20,21,24). The number of sulfonamides is 1. The van der Waals surface area contributed by atoms with E-state index in [2.05, 4.69) is 20.2 Å². The number of carbonyl (C=O) groups is 1. The van der Waals surface area contributed by atoms with Gasteiger partial charge >= 0.3 is 0 Å². The van der Waals surface area contributed by atoms with Crippen LogP contribution in [0.3, 0.4) is 0 Å². The van der Waals surface area contributed by atoms with E-state index in [9.17, 15) is 17.6 Å². The van der Waals surface area contributed by atoms with E-state index in [0.29, 0.717) is 11.1 Å². The quantitative estimate of drug-likeness (QED) is 0.596. The number of benzene rings is 2. The minimum absolute atomic E-state index is 0.0698. The summed E-state index contributed by atoms with van der Waals surface area (Å²) >= 11 is 0.741. The van der Waals surface area contributed by atoms with Crippen LogP contribution in [-0.4, -0.2) is 24.5 Å². The Balaban J connectivity index is 1.70. The monoisotopic (exact) mass is 420 g/mol. The number of hydrogen-bond acceptors (Lipinski definition) is 6. The van der Waals surface area contributed by atoms with E-state index in [4.69, 9.17) is 0 Å². The fourth-order valence-electron chi connectivity index (χ4n) is 2.35. The molecule has 0 radical (unpaired) electrons. The van der Waals surface area contributed by atoms with Crippen LogP contribution >= 0.6 is 11.3 Å². The Morgan fingerprint density at radius 1 is 1.07 bits per heavy atom. The molecular weight excluding hydrogens is 403 g/mol. The van der Waals surface area contributed by atoms with Crippen molar-refractivity contribution in [1.82, 2.24) is 14.9 Å². The van der Waals surface area contributed by atoms with E-state index in [0.717, 1.165) is 16.9 Å². The molecule has 1 aromatic heterocycles. The summed E-state index contributed by atoms with van der Waals surface area (Å²) in [4.78, 5) is 12.2. The van der Waals surface area contributed by atoms with Gasteiger partial charge in [0.05, 0.1) is 0 Å². The largest absolute Gasteiger partial charge is 0.296 e. The number of carbonyl (C=O) groups excluding carboxylic acids is 1. The van der Waals surface area contributed by atoms with Crippen molar-refractivity contribution in [3.63, 3.8) is 0 Å². The number of aryl methyl sites for hydroxylation is 1. The van der Waals surface area contributed by atoms with Crippen LogP contribution in [0.5, 0.6) is 0 Å². The molecule has 7 nitrogen and oxygen atoms in total. The first-order valence-corrected chi connectivity index (χ1v) is 10.5. The number of nitrogens with zero attached hydrogens (tertiary/aromatic N) is 2. The summed E-state index contributed by atoms with van der Waals surface area (Å²) in [5.41, 5.74) is 2.04. The molecule has 2 aromatic carbocycles. The lowest BCUT2D eigenvalue weighted by molar-refractivity contribution is 0.102. The SMILES string of the molecule is Cc1ccc(C(=O)Nc2nnc(S(=O)(=O)NC(C)c3ccc(F)cc3)s2)cc1. The lowest BCUT2D eigenvalue weighted by Crippen LogP contribution is -2.26. The molecular formula is C18H17FN4O3S2. The molecule has 10 heteroatoms. The highest BCUT2D eigenvalue weighted by molar-refractivity contribution is 7.91. The second-order valence-electron chi connectivity index (χ2n) is 6.09. The molecule has 1 unspecified atom stereocenters. The minimum atomic E-state index is -3.95. The Morgan fingerprint density at radius 2 is 1.71 bits per heavy atom. The Hall–Kier alpha value is -2.69.